The van der Waals surface area contributed by atoms with Crippen molar-refractivity contribution in [3.8, 4) is 5.69 Å². The van der Waals surface area contributed by atoms with Gasteiger partial charge in [-0.1, -0.05) is 49.1 Å². The van der Waals surface area contributed by atoms with E-state index in [-0.39, 0.29) is 35.1 Å². The molecule has 0 radical (unpaired) electrons. The fraction of sp³-hybridized carbons (Fsp3) is 0.455. The van der Waals surface area contributed by atoms with Crippen LogP contribution >= 0.6 is 11.6 Å². The summed E-state index contributed by atoms with van der Waals surface area (Å²) in [5.41, 5.74) is 6.52. The molecule has 1 aliphatic carbocycles. The number of anilines is 1. The van der Waals surface area contributed by atoms with Crippen LogP contribution in [0.3, 0.4) is 0 Å². The molecule has 1 unspecified atom stereocenters. The standard InChI is InChI=1S/C44H46ClN7O5/c45-33-5-4-6-34-39(33)41(56)47-43-44(15-2-1-3-16-44)32-10-7-28(24-36(32)52(34)43)27-13-17-48(18-14-27)26-38(54)50-21-19-49(20-22-50)30-8-9-31-29(23-30)25-51(42(31)57)35-11-12-37(53)46-40(35)55/h4-10,23-24,27,35H,1-3,11-22,25-26H2,(H,46,53,55). The van der Waals surface area contributed by atoms with Crippen LogP contribution in [0.1, 0.15) is 96.6 Å². The Kier molecular flexibility index (Phi) is 8.97. The van der Waals surface area contributed by atoms with Gasteiger partial charge in [0.05, 0.1) is 33.6 Å². The van der Waals surface area contributed by atoms with Crippen LogP contribution in [-0.2, 0) is 26.3 Å². The molecule has 12 nitrogen and oxygen atoms in total. The Balaban J connectivity index is 0.772. The van der Waals surface area contributed by atoms with Gasteiger partial charge in [-0.25, -0.2) is 0 Å². The second-order valence-corrected chi connectivity index (χ2v) is 17.2. The Bertz CT molecular complexity index is 2410. The molecular weight excluding hydrogens is 742 g/mol. The molecule has 294 valence electrons. The SMILES string of the molecule is O=C1CCC(N2Cc3cc(N4CCN(C(=O)CN5CCC(c6ccc7c(c6)-n6c(nc(=O)c8c(Cl)cccc86)C76CCCCC6)CC5)CC4)ccc3C2=O)C(=O)N1. The molecule has 4 amide bonds. The molecule has 0 bridgehead atoms. The number of nitrogens with zero attached hydrogens (tertiary/aromatic N) is 6. The Morgan fingerprint density at radius 1 is 0.877 bits per heavy atom. The normalized spacial score (nSPS) is 22.2. The molecule has 4 fully saturated rings. The van der Waals surface area contributed by atoms with Gasteiger partial charge in [0.2, 0.25) is 17.7 Å². The van der Waals surface area contributed by atoms with E-state index in [1.54, 1.807) is 11.0 Å². The summed E-state index contributed by atoms with van der Waals surface area (Å²) < 4.78 is 2.23. The van der Waals surface area contributed by atoms with Crippen molar-refractivity contribution < 1.29 is 19.2 Å². The summed E-state index contributed by atoms with van der Waals surface area (Å²) in [7, 11) is 0. The van der Waals surface area contributed by atoms with Crippen molar-refractivity contribution in [1.82, 2.24) is 29.6 Å². The van der Waals surface area contributed by atoms with Crippen LogP contribution in [-0.4, -0.2) is 99.7 Å². The third kappa shape index (κ3) is 6.05. The molecule has 6 heterocycles. The van der Waals surface area contributed by atoms with Crippen molar-refractivity contribution in [3.63, 3.8) is 0 Å². The molecule has 1 N–H and O–H groups in total. The van der Waals surface area contributed by atoms with Gasteiger partial charge in [-0.2, -0.15) is 4.98 Å². The van der Waals surface area contributed by atoms with E-state index in [0.29, 0.717) is 67.6 Å². The fourth-order valence-electron chi connectivity index (χ4n) is 10.6. The summed E-state index contributed by atoms with van der Waals surface area (Å²) in [6.07, 6.45) is 7.91. The predicted molar refractivity (Wildman–Crippen MR) is 216 cm³/mol. The second kappa shape index (κ2) is 14.1. The van der Waals surface area contributed by atoms with Crippen LogP contribution in [0.4, 0.5) is 5.69 Å². The van der Waals surface area contributed by atoms with E-state index >= 15 is 0 Å². The number of fused-ring (bicyclic) bond motifs is 8. The van der Waals surface area contributed by atoms with Gasteiger partial charge in [0.1, 0.15) is 11.9 Å². The average Bonchev–Trinajstić information content (AvgIpc) is 3.68. The Morgan fingerprint density at radius 3 is 2.44 bits per heavy atom. The maximum absolute atomic E-state index is 13.6. The molecule has 3 saturated heterocycles. The van der Waals surface area contributed by atoms with Gasteiger partial charge in [-0.15, -0.1) is 0 Å². The smallest absolute Gasteiger partial charge is 0.282 e. The van der Waals surface area contributed by atoms with Crippen LogP contribution in [0.5, 0.6) is 0 Å². The first-order chi connectivity index (χ1) is 27.7. The summed E-state index contributed by atoms with van der Waals surface area (Å²) in [5, 5.41) is 3.28. The number of benzene rings is 3. The van der Waals surface area contributed by atoms with Gasteiger partial charge in [0.25, 0.3) is 11.5 Å². The summed E-state index contributed by atoms with van der Waals surface area (Å²) in [5.74, 6) is 0.520. The minimum absolute atomic E-state index is 0.159. The fourth-order valence-corrected chi connectivity index (χ4v) is 10.9. The average molecular weight is 788 g/mol. The van der Waals surface area contributed by atoms with Crippen LogP contribution in [0.2, 0.25) is 5.02 Å². The highest BCUT2D eigenvalue weighted by atomic mass is 35.5. The van der Waals surface area contributed by atoms with Crippen LogP contribution in [0, 0.1) is 0 Å². The number of carbonyl (C=O) groups excluding carboxylic acids is 4. The van der Waals surface area contributed by atoms with Gasteiger partial charge in [-0.05, 0) is 104 Å². The zero-order valence-corrected chi connectivity index (χ0v) is 32.7. The lowest BCUT2D eigenvalue weighted by Gasteiger charge is -2.38. The van der Waals surface area contributed by atoms with Crippen LogP contribution in [0.25, 0.3) is 16.6 Å². The van der Waals surface area contributed by atoms with E-state index < -0.39 is 11.9 Å². The molecule has 1 spiro atoms. The lowest BCUT2D eigenvalue weighted by molar-refractivity contribution is -0.137. The lowest BCUT2D eigenvalue weighted by atomic mass is 9.69. The molecule has 5 aliphatic heterocycles. The van der Waals surface area contributed by atoms with E-state index in [1.807, 2.05) is 35.2 Å². The number of aromatic nitrogens is 2. The van der Waals surface area contributed by atoms with Gasteiger partial charge in [-0.3, -0.25) is 38.8 Å². The number of halogens is 1. The monoisotopic (exact) mass is 787 g/mol. The van der Waals surface area contributed by atoms with E-state index in [4.69, 9.17) is 16.6 Å². The second-order valence-electron chi connectivity index (χ2n) is 16.8. The number of carbonyl (C=O) groups is 4. The lowest BCUT2D eigenvalue weighted by Crippen LogP contribution is -2.52. The first kappa shape index (κ1) is 36.3. The van der Waals surface area contributed by atoms with Crippen molar-refractivity contribution in [2.45, 2.75) is 81.7 Å². The van der Waals surface area contributed by atoms with Crippen LogP contribution < -0.4 is 15.8 Å². The maximum Gasteiger partial charge on any atom is 0.282 e. The first-order valence-corrected chi connectivity index (χ1v) is 21.0. The van der Waals surface area contributed by atoms with E-state index in [0.717, 1.165) is 79.9 Å². The first-order valence-electron chi connectivity index (χ1n) is 20.6. The van der Waals surface area contributed by atoms with Crippen LogP contribution in [0.15, 0.2) is 59.4 Å². The number of likely N-dealkylation sites (tertiary alicyclic amines) is 1. The molecule has 4 aromatic rings. The zero-order valence-electron chi connectivity index (χ0n) is 32.0. The van der Waals surface area contributed by atoms with E-state index in [1.165, 1.54) is 17.5 Å². The highest BCUT2D eigenvalue weighted by Gasteiger charge is 2.47. The Labute approximate surface area is 335 Å². The quantitative estimate of drug-likeness (QED) is 0.284. The summed E-state index contributed by atoms with van der Waals surface area (Å²) in [6, 6.07) is 17.8. The largest absolute Gasteiger partial charge is 0.368 e. The maximum atomic E-state index is 13.6. The van der Waals surface area contributed by atoms with Crippen molar-refractivity contribution in [3.05, 3.63) is 98.1 Å². The van der Waals surface area contributed by atoms with Crippen molar-refractivity contribution in [1.29, 1.82) is 0 Å². The van der Waals surface area contributed by atoms with Crippen molar-refractivity contribution >= 4 is 51.8 Å². The molecule has 1 saturated carbocycles. The molecule has 3 aromatic carbocycles. The number of piperidine rings is 2. The molecule has 13 heteroatoms. The molecular formula is C44H46ClN7O5. The predicted octanol–water partition coefficient (Wildman–Crippen LogP) is 4.89. The van der Waals surface area contributed by atoms with Gasteiger partial charge in [0, 0.05) is 50.4 Å². The molecule has 57 heavy (non-hydrogen) atoms. The van der Waals surface area contributed by atoms with Crippen molar-refractivity contribution in [2.24, 2.45) is 0 Å². The highest BCUT2D eigenvalue weighted by molar-refractivity contribution is 6.35. The van der Waals surface area contributed by atoms with Gasteiger partial charge >= 0.3 is 0 Å². The summed E-state index contributed by atoms with van der Waals surface area (Å²) in [6.45, 7) is 5.12. The third-order valence-corrected chi connectivity index (χ3v) is 14.0. The number of rotatable bonds is 5. The number of nitrogens with one attached hydrogen (secondary N) is 1. The summed E-state index contributed by atoms with van der Waals surface area (Å²) in [4.78, 5) is 77.0. The molecule has 6 aliphatic rings. The number of hydrogen-bond donors (Lipinski definition) is 1. The van der Waals surface area contributed by atoms with Gasteiger partial charge in [0.15, 0.2) is 0 Å². The topological polar surface area (TPSA) is 128 Å². The number of amides is 4. The minimum Gasteiger partial charge on any atom is -0.368 e. The number of imide groups is 1. The minimum atomic E-state index is -0.633. The highest BCUT2D eigenvalue weighted by Crippen LogP contribution is 2.52. The van der Waals surface area contributed by atoms with Gasteiger partial charge < -0.3 is 14.7 Å². The Hall–Kier alpha value is -5.07. The number of piperazine rings is 1. The molecule has 1 atom stereocenters. The third-order valence-electron chi connectivity index (χ3n) is 13.7. The number of hydrogen-bond acceptors (Lipinski definition) is 8. The van der Waals surface area contributed by atoms with E-state index in [9.17, 15) is 24.0 Å². The van der Waals surface area contributed by atoms with E-state index in [2.05, 4.69) is 37.9 Å². The molecule has 1 aromatic heterocycles. The van der Waals surface area contributed by atoms with Crippen molar-refractivity contribution in [2.75, 3.05) is 50.7 Å². The summed E-state index contributed by atoms with van der Waals surface area (Å²) >= 11 is 6.59. The zero-order chi connectivity index (χ0) is 39.0. The molecule has 10 rings (SSSR count). The Morgan fingerprint density at radius 2 is 1.67 bits per heavy atom.